The molecule has 0 bridgehead atoms. The first-order valence-corrected chi connectivity index (χ1v) is 6.70. The Hall–Kier alpha value is -1.16. The molecule has 0 saturated carbocycles. The molecule has 1 rings (SSSR count). The average molecular weight is 226 g/mol. The van der Waals surface area contributed by atoms with Gasteiger partial charge in [-0.05, 0) is 6.42 Å². The second-order valence-corrected chi connectivity index (χ2v) is 5.68. The van der Waals surface area contributed by atoms with Gasteiger partial charge in [-0.25, -0.2) is 8.42 Å². The van der Waals surface area contributed by atoms with Crippen LogP contribution in [0.4, 0.5) is 0 Å². The Balaban J connectivity index is 3.04. The molecule has 0 aliphatic rings. The van der Waals surface area contributed by atoms with Crippen molar-refractivity contribution in [3.05, 3.63) is 35.9 Å². The van der Waals surface area contributed by atoms with E-state index in [-0.39, 0.29) is 5.78 Å². The minimum Gasteiger partial charge on any atom is -0.293 e. The summed E-state index contributed by atoms with van der Waals surface area (Å²) in [4.78, 5) is 11.8. The minimum absolute atomic E-state index is 0.312. The lowest BCUT2D eigenvalue weighted by molar-refractivity contribution is 0.0985. The van der Waals surface area contributed by atoms with Crippen LogP contribution in [-0.2, 0) is 9.84 Å². The fraction of sp³-hybridized carbons (Fsp3) is 0.364. The van der Waals surface area contributed by atoms with Crippen molar-refractivity contribution in [3.8, 4) is 0 Å². The molecule has 3 nitrogen and oxygen atoms in total. The van der Waals surface area contributed by atoms with E-state index in [4.69, 9.17) is 0 Å². The molecule has 82 valence electrons. The zero-order valence-electron chi connectivity index (χ0n) is 8.80. The molecule has 0 aromatic heterocycles. The topological polar surface area (TPSA) is 51.2 Å². The molecule has 0 spiro atoms. The smallest absolute Gasteiger partial charge is 0.180 e. The van der Waals surface area contributed by atoms with Gasteiger partial charge in [0.15, 0.2) is 15.6 Å². The zero-order chi connectivity index (χ0) is 11.5. The molecule has 0 heterocycles. The first-order valence-electron chi connectivity index (χ1n) is 4.75. The molecule has 0 aliphatic carbocycles. The van der Waals surface area contributed by atoms with Crippen LogP contribution < -0.4 is 0 Å². The summed E-state index contributed by atoms with van der Waals surface area (Å²) in [6.45, 7) is 1.70. The Bertz CT molecular complexity index is 434. The van der Waals surface area contributed by atoms with Crippen LogP contribution in [0.5, 0.6) is 0 Å². The van der Waals surface area contributed by atoms with E-state index in [0.717, 1.165) is 6.26 Å². The maximum Gasteiger partial charge on any atom is 0.180 e. The predicted octanol–water partition coefficient (Wildman–Crippen LogP) is 1.69. The van der Waals surface area contributed by atoms with Crippen molar-refractivity contribution in [1.29, 1.82) is 0 Å². The summed E-state index contributed by atoms with van der Waals surface area (Å²) in [5, 5.41) is -0.917. The number of rotatable bonds is 4. The van der Waals surface area contributed by atoms with Crippen molar-refractivity contribution in [2.75, 3.05) is 6.26 Å². The Kier molecular flexibility index (Phi) is 3.63. The molecule has 1 aromatic rings. The van der Waals surface area contributed by atoms with Crippen LogP contribution >= 0.6 is 0 Å². The lowest BCUT2D eigenvalue weighted by Gasteiger charge is -2.11. The molecule has 1 aromatic carbocycles. The number of carbonyl (C=O) groups is 1. The highest BCUT2D eigenvalue weighted by molar-refractivity contribution is 7.92. The molecule has 0 saturated heterocycles. The van der Waals surface area contributed by atoms with Crippen LogP contribution in [0.25, 0.3) is 0 Å². The number of sulfone groups is 1. The van der Waals surface area contributed by atoms with Crippen LogP contribution in [0.2, 0.25) is 0 Å². The summed E-state index contributed by atoms with van der Waals surface area (Å²) in [5.74, 6) is -0.319. The Morgan fingerprint density at radius 2 is 1.80 bits per heavy atom. The number of benzene rings is 1. The van der Waals surface area contributed by atoms with Crippen LogP contribution in [0.15, 0.2) is 30.3 Å². The molecule has 0 fully saturated rings. The molecule has 0 N–H and O–H groups in total. The lowest BCUT2D eigenvalue weighted by Crippen LogP contribution is -2.28. The van der Waals surface area contributed by atoms with E-state index in [2.05, 4.69) is 0 Å². The van der Waals surface area contributed by atoms with Crippen LogP contribution in [0.3, 0.4) is 0 Å². The molecule has 0 unspecified atom stereocenters. The maximum atomic E-state index is 11.8. The van der Waals surface area contributed by atoms with Crippen molar-refractivity contribution in [1.82, 2.24) is 0 Å². The van der Waals surface area contributed by atoms with Crippen LogP contribution in [-0.4, -0.2) is 25.7 Å². The first-order chi connectivity index (χ1) is 6.96. The van der Waals surface area contributed by atoms with Gasteiger partial charge in [-0.1, -0.05) is 37.3 Å². The molecule has 0 radical (unpaired) electrons. The molecular formula is C11H14O3S. The third-order valence-corrected chi connectivity index (χ3v) is 3.82. The van der Waals surface area contributed by atoms with Crippen molar-refractivity contribution in [2.45, 2.75) is 18.6 Å². The fourth-order valence-electron chi connectivity index (χ4n) is 1.47. The third kappa shape index (κ3) is 2.89. The van der Waals surface area contributed by atoms with Crippen molar-refractivity contribution < 1.29 is 13.2 Å². The van der Waals surface area contributed by atoms with E-state index in [1.807, 2.05) is 0 Å². The Morgan fingerprint density at radius 3 is 2.20 bits per heavy atom. The van der Waals surface area contributed by atoms with E-state index in [1.165, 1.54) is 0 Å². The quantitative estimate of drug-likeness (QED) is 0.734. The van der Waals surface area contributed by atoms with Gasteiger partial charge in [0.1, 0.15) is 5.25 Å². The molecule has 15 heavy (non-hydrogen) atoms. The van der Waals surface area contributed by atoms with Crippen LogP contribution in [0, 0.1) is 0 Å². The van der Waals surface area contributed by atoms with Gasteiger partial charge in [-0.2, -0.15) is 0 Å². The van der Waals surface area contributed by atoms with Gasteiger partial charge in [0.05, 0.1) is 0 Å². The van der Waals surface area contributed by atoms with Crippen molar-refractivity contribution in [2.24, 2.45) is 0 Å². The van der Waals surface area contributed by atoms with Gasteiger partial charge in [0, 0.05) is 11.8 Å². The van der Waals surface area contributed by atoms with E-state index >= 15 is 0 Å². The predicted molar refractivity (Wildman–Crippen MR) is 59.7 cm³/mol. The van der Waals surface area contributed by atoms with E-state index < -0.39 is 15.1 Å². The molecule has 0 amide bonds. The summed E-state index contributed by atoms with van der Waals surface area (Å²) >= 11 is 0. The average Bonchev–Trinajstić information content (AvgIpc) is 2.18. The third-order valence-electron chi connectivity index (χ3n) is 2.24. The van der Waals surface area contributed by atoms with Gasteiger partial charge in [-0.15, -0.1) is 0 Å². The summed E-state index contributed by atoms with van der Waals surface area (Å²) < 4.78 is 22.7. The highest BCUT2D eigenvalue weighted by atomic mass is 32.2. The second kappa shape index (κ2) is 4.57. The minimum atomic E-state index is -3.31. The first kappa shape index (κ1) is 11.9. The number of carbonyl (C=O) groups excluding carboxylic acids is 1. The maximum absolute atomic E-state index is 11.8. The lowest BCUT2D eigenvalue weighted by atomic mass is 10.1. The highest BCUT2D eigenvalue weighted by Gasteiger charge is 2.27. The number of hydrogen-bond acceptors (Lipinski definition) is 3. The number of ketones is 1. The monoisotopic (exact) mass is 226 g/mol. The summed E-state index contributed by atoms with van der Waals surface area (Å²) in [7, 11) is -3.31. The fourth-order valence-corrected chi connectivity index (χ4v) is 2.60. The van der Waals surface area contributed by atoms with Gasteiger partial charge in [0.25, 0.3) is 0 Å². The zero-order valence-corrected chi connectivity index (χ0v) is 9.62. The summed E-state index contributed by atoms with van der Waals surface area (Å²) in [6, 6.07) is 8.51. The van der Waals surface area contributed by atoms with E-state index in [1.54, 1.807) is 37.3 Å². The summed E-state index contributed by atoms with van der Waals surface area (Å²) in [6.07, 6.45) is 1.41. The van der Waals surface area contributed by atoms with Gasteiger partial charge in [0.2, 0.25) is 0 Å². The molecular weight excluding hydrogens is 212 g/mol. The van der Waals surface area contributed by atoms with Gasteiger partial charge >= 0.3 is 0 Å². The number of hydrogen-bond donors (Lipinski definition) is 0. The van der Waals surface area contributed by atoms with Crippen LogP contribution in [0.1, 0.15) is 23.7 Å². The molecule has 4 heteroatoms. The SMILES string of the molecule is CC[C@@H](C(=O)c1ccccc1)S(C)(=O)=O. The number of Topliss-reactive ketones (excluding diaryl/α,β-unsaturated/α-hetero) is 1. The van der Waals surface area contributed by atoms with Gasteiger partial charge in [-0.3, -0.25) is 4.79 Å². The molecule has 0 aliphatic heterocycles. The Labute approximate surface area is 90.0 Å². The second-order valence-electron chi connectivity index (χ2n) is 3.46. The van der Waals surface area contributed by atoms with Crippen molar-refractivity contribution in [3.63, 3.8) is 0 Å². The standard InChI is InChI=1S/C11H14O3S/c1-3-10(15(2,13)14)11(12)9-7-5-4-6-8-9/h4-8,10H,3H2,1-2H3/t10-/m0/s1. The normalized spacial score (nSPS) is 13.5. The largest absolute Gasteiger partial charge is 0.293 e. The Morgan fingerprint density at radius 1 is 1.27 bits per heavy atom. The van der Waals surface area contributed by atoms with Crippen molar-refractivity contribution >= 4 is 15.6 Å². The summed E-state index contributed by atoms with van der Waals surface area (Å²) in [5.41, 5.74) is 0.453. The van der Waals surface area contributed by atoms with E-state index in [0.29, 0.717) is 12.0 Å². The highest BCUT2D eigenvalue weighted by Crippen LogP contribution is 2.12. The van der Waals surface area contributed by atoms with E-state index in [9.17, 15) is 13.2 Å². The molecule has 1 atom stereocenters. The van der Waals surface area contributed by atoms with Gasteiger partial charge < -0.3 is 0 Å².